The average molecular weight is 481 g/mol. The molecular formula is C22H20N6O3S2. The Kier molecular flexibility index (Phi) is 6.22. The molecule has 11 heteroatoms. The minimum atomic E-state index is -0.299. The number of methoxy groups -OCH3 is 1. The highest BCUT2D eigenvalue weighted by atomic mass is 32.2. The van der Waals surface area contributed by atoms with Gasteiger partial charge in [-0.2, -0.15) is 5.10 Å². The summed E-state index contributed by atoms with van der Waals surface area (Å²) in [7, 11) is 1.63. The van der Waals surface area contributed by atoms with E-state index in [1.54, 1.807) is 29.4 Å². The van der Waals surface area contributed by atoms with E-state index in [0.29, 0.717) is 23.9 Å². The van der Waals surface area contributed by atoms with Crippen LogP contribution in [0.15, 0.2) is 74.8 Å². The van der Waals surface area contributed by atoms with Crippen molar-refractivity contribution in [2.45, 2.75) is 24.2 Å². The lowest BCUT2D eigenvalue weighted by molar-refractivity contribution is -0.130. The average Bonchev–Trinajstić information content (AvgIpc) is 3.65. The Morgan fingerprint density at radius 3 is 2.85 bits per heavy atom. The lowest BCUT2D eigenvalue weighted by Crippen LogP contribution is -2.28. The van der Waals surface area contributed by atoms with Crippen molar-refractivity contribution in [3.05, 3.63) is 76.4 Å². The summed E-state index contributed by atoms with van der Waals surface area (Å²) in [4.78, 5) is 14.4. The van der Waals surface area contributed by atoms with E-state index in [1.807, 2.05) is 53.9 Å². The second-order valence-corrected chi connectivity index (χ2v) is 9.21. The molecule has 3 aromatic heterocycles. The summed E-state index contributed by atoms with van der Waals surface area (Å²) >= 11 is 2.93. The van der Waals surface area contributed by atoms with Crippen LogP contribution in [0, 0.1) is 0 Å². The molecular weight excluding hydrogens is 460 g/mol. The number of furan rings is 1. The predicted molar refractivity (Wildman–Crippen MR) is 124 cm³/mol. The van der Waals surface area contributed by atoms with Gasteiger partial charge in [0.15, 0.2) is 0 Å². The molecule has 1 atom stereocenters. The number of ether oxygens (including phenoxy) is 1. The van der Waals surface area contributed by atoms with Crippen LogP contribution < -0.4 is 4.74 Å². The molecule has 0 spiro atoms. The van der Waals surface area contributed by atoms with Crippen LogP contribution in [0.1, 0.15) is 28.7 Å². The molecule has 5 rings (SSSR count). The van der Waals surface area contributed by atoms with Crippen molar-refractivity contribution in [1.29, 1.82) is 0 Å². The SMILES string of the molecule is COc1ccc(C2=NN(C(=O)CSc3nnnn3Cc3cccs3)[C@H](c3ccco3)C2)cc1. The van der Waals surface area contributed by atoms with E-state index in [1.165, 1.54) is 16.8 Å². The van der Waals surface area contributed by atoms with E-state index in [2.05, 4.69) is 20.6 Å². The first-order valence-electron chi connectivity index (χ1n) is 10.2. The Labute approximate surface area is 198 Å². The maximum absolute atomic E-state index is 13.2. The van der Waals surface area contributed by atoms with Gasteiger partial charge in [0, 0.05) is 11.3 Å². The normalized spacial score (nSPS) is 15.6. The van der Waals surface area contributed by atoms with Gasteiger partial charge < -0.3 is 9.15 Å². The standard InChI is InChI=1S/C22H20N6O3S2/c1-30-16-8-6-15(7-9-16)18-12-19(20-5-2-10-31-20)28(24-18)21(29)14-33-22-23-25-26-27(22)13-17-4-3-11-32-17/h2-11,19H,12-14H2,1H3/t19-/m0/s1. The maximum Gasteiger partial charge on any atom is 0.253 e. The quantitative estimate of drug-likeness (QED) is 0.353. The zero-order valence-electron chi connectivity index (χ0n) is 17.7. The molecule has 9 nitrogen and oxygen atoms in total. The third kappa shape index (κ3) is 4.69. The molecule has 1 aromatic carbocycles. The summed E-state index contributed by atoms with van der Waals surface area (Å²) in [6.45, 7) is 0.569. The van der Waals surface area contributed by atoms with Gasteiger partial charge in [-0.3, -0.25) is 4.79 Å². The summed E-state index contributed by atoms with van der Waals surface area (Å²) in [6, 6.07) is 15.0. The number of hydrazone groups is 1. The highest BCUT2D eigenvalue weighted by Gasteiger charge is 2.35. The largest absolute Gasteiger partial charge is 0.497 e. The molecule has 0 saturated carbocycles. The van der Waals surface area contributed by atoms with Gasteiger partial charge in [-0.15, -0.1) is 16.4 Å². The van der Waals surface area contributed by atoms with Crippen LogP contribution >= 0.6 is 23.1 Å². The van der Waals surface area contributed by atoms with E-state index in [4.69, 9.17) is 9.15 Å². The van der Waals surface area contributed by atoms with Gasteiger partial charge in [0.1, 0.15) is 17.6 Å². The van der Waals surface area contributed by atoms with Crippen molar-refractivity contribution in [2.75, 3.05) is 12.9 Å². The predicted octanol–water partition coefficient (Wildman–Crippen LogP) is 3.85. The zero-order valence-corrected chi connectivity index (χ0v) is 19.3. The first-order chi connectivity index (χ1) is 16.2. The molecule has 1 amide bonds. The Balaban J connectivity index is 1.32. The van der Waals surface area contributed by atoms with Gasteiger partial charge in [0.2, 0.25) is 5.16 Å². The number of thioether (sulfide) groups is 1. The molecule has 0 radical (unpaired) electrons. The number of carbonyl (C=O) groups excluding carboxylic acids is 1. The minimum Gasteiger partial charge on any atom is -0.497 e. The molecule has 1 aliphatic rings. The van der Waals surface area contributed by atoms with Crippen molar-refractivity contribution >= 4 is 34.7 Å². The molecule has 0 saturated heterocycles. The Morgan fingerprint density at radius 2 is 2.12 bits per heavy atom. The fourth-order valence-electron chi connectivity index (χ4n) is 3.54. The van der Waals surface area contributed by atoms with Crippen molar-refractivity contribution in [3.63, 3.8) is 0 Å². The number of carbonyl (C=O) groups is 1. The number of amides is 1. The summed E-state index contributed by atoms with van der Waals surface area (Å²) in [6.07, 6.45) is 2.17. The highest BCUT2D eigenvalue weighted by molar-refractivity contribution is 7.99. The first kappa shape index (κ1) is 21.4. The fraction of sp³-hybridized carbons (Fsp3) is 0.227. The summed E-state index contributed by atoms with van der Waals surface area (Å²) < 4.78 is 12.6. The van der Waals surface area contributed by atoms with Gasteiger partial charge in [0.05, 0.1) is 31.4 Å². The van der Waals surface area contributed by atoms with Gasteiger partial charge in [-0.05, 0) is 63.8 Å². The van der Waals surface area contributed by atoms with Gasteiger partial charge in [-0.25, -0.2) is 9.69 Å². The van der Waals surface area contributed by atoms with E-state index >= 15 is 0 Å². The van der Waals surface area contributed by atoms with Crippen molar-refractivity contribution in [3.8, 4) is 5.75 Å². The number of hydrogen-bond donors (Lipinski definition) is 0. The van der Waals surface area contributed by atoms with Crippen LogP contribution in [-0.2, 0) is 11.3 Å². The van der Waals surface area contributed by atoms with E-state index < -0.39 is 0 Å². The van der Waals surface area contributed by atoms with Crippen LogP contribution in [0.25, 0.3) is 0 Å². The monoisotopic (exact) mass is 480 g/mol. The van der Waals surface area contributed by atoms with Crippen LogP contribution in [-0.4, -0.2) is 49.7 Å². The molecule has 168 valence electrons. The fourth-order valence-corrected chi connectivity index (χ4v) is 4.96. The highest BCUT2D eigenvalue weighted by Crippen LogP contribution is 2.34. The molecule has 4 heterocycles. The Bertz CT molecular complexity index is 1240. The third-order valence-corrected chi connectivity index (χ3v) is 6.97. The molecule has 0 fully saturated rings. The maximum atomic E-state index is 13.2. The second kappa shape index (κ2) is 9.59. The van der Waals surface area contributed by atoms with E-state index in [0.717, 1.165) is 21.9 Å². The van der Waals surface area contributed by atoms with Crippen LogP contribution in [0.3, 0.4) is 0 Å². The number of benzene rings is 1. The molecule has 0 aliphatic carbocycles. The smallest absolute Gasteiger partial charge is 0.253 e. The lowest BCUT2D eigenvalue weighted by atomic mass is 10.0. The number of tetrazole rings is 1. The molecule has 0 bridgehead atoms. The summed E-state index contributed by atoms with van der Waals surface area (Å²) in [5.41, 5.74) is 1.76. The summed E-state index contributed by atoms with van der Waals surface area (Å²) in [5, 5.41) is 20.7. The topological polar surface area (TPSA) is 98.6 Å². The van der Waals surface area contributed by atoms with E-state index in [9.17, 15) is 4.79 Å². The summed E-state index contributed by atoms with van der Waals surface area (Å²) in [5.74, 6) is 1.48. The first-order valence-corrected chi connectivity index (χ1v) is 12.1. The van der Waals surface area contributed by atoms with Crippen LogP contribution in [0.5, 0.6) is 5.75 Å². The van der Waals surface area contributed by atoms with Gasteiger partial charge in [0.25, 0.3) is 5.91 Å². The van der Waals surface area contributed by atoms with Gasteiger partial charge >= 0.3 is 0 Å². The van der Waals surface area contributed by atoms with Gasteiger partial charge in [-0.1, -0.05) is 17.8 Å². The zero-order chi connectivity index (χ0) is 22.6. The molecule has 4 aromatic rings. The number of nitrogens with zero attached hydrogens (tertiary/aromatic N) is 6. The molecule has 0 unspecified atom stereocenters. The Morgan fingerprint density at radius 1 is 1.24 bits per heavy atom. The second-order valence-electron chi connectivity index (χ2n) is 7.24. The molecule has 1 aliphatic heterocycles. The number of hydrogen-bond acceptors (Lipinski definition) is 9. The number of aromatic nitrogens is 4. The van der Waals surface area contributed by atoms with Crippen molar-refractivity contribution in [2.24, 2.45) is 5.10 Å². The number of rotatable bonds is 8. The van der Waals surface area contributed by atoms with Crippen molar-refractivity contribution < 1.29 is 13.9 Å². The van der Waals surface area contributed by atoms with Crippen molar-refractivity contribution in [1.82, 2.24) is 25.2 Å². The molecule has 0 N–H and O–H groups in total. The Hall–Kier alpha value is -3.44. The lowest BCUT2D eigenvalue weighted by Gasteiger charge is -2.19. The van der Waals surface area contributed by atoms with E-state index in [-0.39, 0.29) is 17.7 Å². The number of thiophene rings is 1. The minimum absolute atomic E-state index is 0.143. The molecule has 33 heavy (non-hydrogen) atoms. The third-order valence-electron chi connectivity index (χ3n) is 5.17. The van der Waals surface area contributed by atoms with Crippen LogP contribution in [0.2, 0.25) is 0 Å². The van der Waals surface area contributed by atoms with Crippen LogP contribution in [0.4, 0.5) is 0 Å².